The molecule has 0 aromatic rings. The Morgan fingerprint density at radius 2 is 1.74 bits per heavy atom. The molecule has 0 aliphatic heterocycles. The summed E-state index contributed by atoms with van der Waals surface area (Å²) in [5.74, 6) is 0.538. The maximum Gasteiger partial charge on any atom is 0.220 e. The van der Waals surface area contributed by atoms with E-state index in [9.17, 15) is 4.79 Å². The Bertz CT molecular complexity index is 304. The van der Waals surface area contributed by atoms with Crippen molar-refractivity contribution in [3.8, 4) is 0 Å². The van der Waals surface area contributed by atoms with E-state index < -0.39 is 0 Å². The van der Waals surface area contributed by atoms with Gasteiger partial charge in [-0.3, -0.25) is 4.79 Å². The second kappa shape index (κ2) is 6.25. The summed E-state index contributed by atoms with van der Waals surface area (Å²) in [6, 6.07) is 0.213. The van der Waals surface area contributed by atoms with E-state index >= 15 is 0 Å². The number of hydrogen-bond acceptors (Lipinski definition) is 2. The lowest BCUT2D eigenvalue weighted by Crippen LogP contribution is -2.47. The number of nitrogens with one attached hydrogen (secondary N) is 1. The van der Waals surface area contributed by atoms with Gasteiger partial charge in [-0.1, -0.05) is 33.6 Å². The average Bonchev–Trinajstić information content (AvgIpc) is 2.16. The third kappa shape index (κ3) is 6.42. The van der Waals surface area contributed by atoms with Crippen molar-refractivity contribution in [2.24, 2.45) is 17.1 Å². The monoisotopic (exact) mass is 268 g/mol. The predicted octanol–water partition coefficient (Wildman–Crippen LogP) is 3.23. The number of carbonyl (C=O) groups is 1. The van der Waals surface area contributed by atoms with Gasteiger partial charge in [-0.25, -0.2) is 0 Å². The van der Waals surface area contributed by atoms with Crippen molar-refractivity contribution in [2.45, 2.75) is 84.7 Å². The van der Waals surface area contributed by atoms with E-state index in [4.69, 9.17) is 5.73 Å². The van der Waals surface area contributed by atoms with Gasteiger partial charge in [0.25, 0.3) is 0 Å². The molecule has 3 N–H and O–H groups in total. The SMILES string of the molecule is CC(C)(C)CC(C)(C)NC(=O)CC1CCCCC1N. The Morgan fingerprint density at radius 1 is 1.16 bits per heavy atom. The molecule has 2 atom stereocenters. The van der Waals surface area contributed by atoms with Gasteiger partial charge in [-0.2, -0.15) is 0 Å². The average molecular weight is 268 g/mol. The molecule has 3 nitrogen and oxygen atoms in total. The van der Waals surface area contributed by atoms with Gasteiger partial charge >= 0.3 is 0 Å². The van der Waals surface area contributed by atoms with Gasteiger partial charge in [0.15, 0.2) is 0 Å². The Balaban J connectivity index is 2.45. The highest BCUT2D eigenvalue weighted by molar-refractivity contribution is 5.77. The summed E-state index contributed by atoms with van der Waals surface area (Å²) in [6.07, 6.45) is 6.18. The third-order valence-corrected chi connectivity index (χ3v) is 3.87. The lowest BCUT2D eigenvalue weighted by Gasteiger charge is -2.34. The zero-order valence-electron chi connectivity index (χ0n) is 13.4. The molecule has 2 unspecified atom stereocenters. The second-order valence-corrected chi connectivity index (χ2v) is 8.08. The van der Waals surface area contributed by atoms with E-state index in [1.165, 1.54) is 12.8 Å². The van der Waals surface area contributed by atoms with Crippen LogP contribution in [0.4, 0.5) is 0 Å². The molecule has 0 spiro atoms. The Morgan fingerprint density at radius 3 is 2.26 bits per heavy atom. The first-order valence-corrected chi connectivity index (χ1v) is 7.66. The number of carbonyl (C=O) groups excluding carboxylic acids is 1. The molecule has 1 aliphatic carbocycles. The molecule has 0 radical (unpaired) electrons. The van der Waals surface area contributed by atoms with Crippen LogP contribution in [0.2, 0.25) is 0 Å². The van der Waals surface area contributed by atoms with Gasteiger partial charge in [-0.05, 0) is 44.4 Å². The molecule has 1 aliphatic rings. The number of rotatable bonds is 4. The number of amides is 1. The first-order chi connectivity index (χ1) is 8.59. The smallest absolute Gasteiger partial charge is 0.220 e. The predicted molar refractivity (Wildman–Crippen MR) is 80.8 cm³/mol. The quantitative estimate of drug-likeness (QED) is 0.822. The number of nitrogens with two attached hydrogens (primary N) is 1. The summed E-state index contributed by atoms with van der Waals surface area (Å²) in [6.45, 7) is 10.8. The minimum Gasteiger partial charge on any atom is -0.351 e. The highest BCUT2D eigenvalue weighted by atomic mass is 16.1. The fourth-order valence-corrected chi connectivity index (χ4v) is 3.53. The topological polar surface area (TPSA) is 55.1 Å². The summed E-state index contributed by atoms with van der Waals surface area (Å²) in [4.78, 5) is 12.2. The van der Waals surface area contributed by atoms with E-state index in [0.717, 1.165) is 19.3 Å². The molecule has 1 fully saturated rings. The van der Waals surface area contributed by atoms with E-state index in [2.05, 4.69) is 39.9 Å². The normalized spacial score (nSPS) is 25.2. The van der Waals surface area contributed by atoms with Gasteiger partial charge in [0.1, 0.15) is 0 Å². The molecule has 112 valence electrons. The van der Waals surface area contributed by atoms with Crippen LogP contribution in [0.5, 0.6) is 0 Å². The minimum atomic E-state index is -0.145. The van der Waals surface area contributed by atoms with Crippen LogP contribution in [0.25, 0.3) is 0 Å². The van der Waals surface area contributed by atoms with Crippen molar-refractivity contribution >= 4 is 5.91 Å². The van der Waals surface area contributed by atoms with Crippen molar-refractivity contribution in [1.29, 1.82) is 0 Å². The van der Waals surface area contributed by atoms with Crippen LogP contribution in [-0.4, -0.2) is 17.5 Å². The summed E-state index contributed by atoms with van der Waals surface area (Å²) in [5, 5.41) is 3.19. The molecule has 1 rings (SSSR count). The van der Waals surface area contributed by atoms with Crippen molar-refractivity contribution in [3.05, 3.63) is 0 Å². The number of hydrogen-bond donors (Lipinski definition) is 2. The van der Waals surface area contributed by atoms with Gasteiger partial charge in [0, 0.05) is 18.0 Å². The van der Waals surface area contributed by atoms with Crippen LogP contribution in [0.1, 0.15) is 73.1 Å². The first kappa shape index (κ1) is 16.5. The largest absolute Gasteiger partial charge is 0.351 e. The fraction of sp³-hybridized carbons (Fsp3) is 0.938. The van der Waals surface area contributed by atoms with E-state index in [1.807, 2.05) is 0 Å². The van der Waals surface area contributed by atoms with Crippen LogP contribution >= 0.6 is 0 Å². The van der Waals surface area contributed by atoms with Crippen molar-refractivity contribution < 1.29 is 4.79 Å². The van der Waals surface area contributed by atoms with Gasteiger partial charge in [-0.15, -0.1) is 0 Å². The summed E-state index contributed by atoms with van der Waals surface area (Å²) >= 11 is 0. The molecule has 1 amide bonds. The van der Waals surface area contributed by atoms with Crippen LogP contribution in [0, 0.1) is 11.3 Å². The zero-order chi connectivity index (χ0) is 14.7. The molecule has 19 heavy (non-hydrogen) atoms. The zero-order valence-corrected chi connectivity index (χ0v) is 13.4. The van der Waals surface area contributed by atoms with Gasteiger partial charge < -0.3 is 11.1 Å². The van der Waals surface area contributed by atoms with Crippen LogP contribution in [-0.2, 0) is 4.79 Å². The Kier molecular flexibility index (Phi) is 5.43. The molecular weight excluding hydrogens is 236 g/mol. The maximum atomic E-state index is 12.2. The molecule has 0 saturated heterocycles. The van der Waals surface area contributed by atoms with Crippen molar-refractivity contribution in [1.82, 2.24) is 5.32 Å². The Hall–Kier alpha value is -0.570. The van der Waals surface area contributed by atoms with Crippen molar-refractivity contribution in [2.75, 3.05) is 0 Å². The molecule has 3 heteroatoms. The third-order valence-electron chi connectivity index (χ3n) is 3.87. The molecule has 0 bridgehead atoms. The van der Waals surface area contributed by atoms with Crippen LogP contribution in [0.15, 0.2) is 0 Å². The lowest BCUT2D eigenvalue weighted by atomic mass is 9.80. The molecular formula is C16H32N2O. The summed E-state index contributed by atoms with van der Waals surface area (Å²) < 4.78 is 0. The van der Waals surface area contributed by atoms with E-state index in [1.54, 1.807) is 0 Å². The molecule has 0 aromatic heterocycles. The second-order valence-electron chi connectivity index (χ2n) is 8.08. The first-order valence-electron chi connectivity index (χ1n) is 7.66. The highest BCUT2D eigenvalue weighted by Crippen LogP contribution is 2.28. The minimum absolute atomic E-state index is 0.145. The summed E-state index contributed by atoms with van der Waals surface area (Å²) in [7, 11) is 0. The Labute approximate surface area is 118 Å². The molecule has 0 aromatic carbocycles. The maximum absolute atomic E-state index is 12.2. The van der Waals surface area contributed by atoms with E-state index in [-0.39, 0.29) is 22.9 Å². The lowest BCUT2D eigenvalue weighted by molar-refractivity contribution is -0.124. The fourth-order valence-electron chi connectivity index (χ4n) is 3.53. The molecule has 1 saturated carbocycles. The molecule has 0 heterocycles. The van der Waals surface area contributed by atoms with Crippen LogP contribution in [0.3, 0.4) is 0 Å². The van der Waals surface area contributed by atoms with Crippen LogP contribution < -0.4 is 11.1 Å². The summed E-state index contributed by atoms with van der Waals surface area (Å²) in [5.41, 5.74) is 6.19. The standard InChI is InChI=1S/C16H32N2O/c1-15(2,3)11-16(4,5)18-14(19)10-12-8-6-7-9-13(12)17/h12-13H,6-11,17H2,1-5H3,(H,18,19). The highest BCUT2D eigenvalue weighted by Gasteiger charge is 2.29. The van der Waals surface area contributed by atoms with Gasteiger partial charge in [0.05, 0.1) is 0 Å². The van der Waals surface area contributed by atoms with E-state index in [0.29, 0.717) is 12.3 Å². The van der Waals surface area contributed by atoms with Crippen molar-refractivity contribution in [3.63, 3.8) is 0 Å². The van der Waals surface area contributed by atoms with Gasteiger partial charge in [0.2, 0.25) is 5.91 Å².